The van der Waals surface area contributed by atoms with Crippen molar-refractivity contribution < 1.29 is 9.59 Å². The first-order chi connectivity index (χ1) is 10.6. The second-order valence-electron chi connectivity index (χ2n) is 4.78. The van der Waals surface area contributed by atoms with Crippen LogP contribution >= 0.6 is 34.0 Å². The molecule has 0 aromatic carbocycles. The van der Waals surface area contributed by atoms with Gasteiger partial charge < -0.3 is 5.32 Å². The van der Waals surface area contributed by atoms with Gasteiger partial charge in [0.05, 0.1) is 16.3 Å². The average Bonchev–Trinajstić information content (AvgIpc) is 3.25. The highest BCUT2D eigenvalue weighted by atomic mass is 32.1. The van der Waals surface area contributed by atoms with Crippen LogP contribution in [0.2, 0.25) is 0 Å². The van der Waals surface area contributed by atoms with Crippen LogP contribution in [-0.2, 0) is 6.54 Å². The molecule has 0 radical (unpaired) electrons. The van der Waals surface area contributed by atoms with Gasteiger partial charge in [-0.2, -0.15) is 11.3 Å². The lowest BCUT2D eigenvalue weighted by Gasteiger charge is -2.00. The molecule has 0 saturated carbocycles. The first kappa shape index (κ1) is 15.1. The maximum Gasteiger partial charge on any atom is 0.261 e. The summed E-state index contributed by atoms with van der Waals surface area (Å²) in [6, 6.07) is 7.42. The van der Waals surface area contributed by atoms with Gasteiger partial charge in [0, 0.05) is 15.8 Å². The molecular formula is C16H13NO2S3. The lowest BCUT2D eigenvalue weighted by Crippen LogP contribution is -2.21. The van der Waals surface area contributed by atoms with Crippen LogP contribution in [0.4, 0.5) is 0 Å². The lowest BCUT2D eigenvalue weighted by atomic mass is 10.2. The first-order valence-electron chi connectivity index (χ1n) is 6.62. The van der Waals surface area contributed by atoms with Gasteiger partial charge in [-0.1, -0.05) is 0 Å². The van der Waals surface area contributed by atoms with Crippen molar-refractivity contribution in [2.75, 3.05) is 0 Å². The SMILES string of the molecule is Cc1csc(C(=O)NCc2ccc(C(=O)c3ccsc3)s2)c1. The monoisotopic (exact) mass is 347 g/mol. The standard InChI is InChI=1S/C16H13NO2S3/c1-10-6-14(21-8-10)16(19)17-7-12-2-3-13(22-12)15(18)11-4-5-20-9-11/h2-6,8-9H,7H2,1H3,(H,17,19). The third kappa shape index (κ3) is 3.35. The minimum Gasteiger partial charge on any atom is -0.346 e. The molecule has 3 nitrogen and oxygen atoms in total. The van der Waals surface area contributed by atoms with E-state index in [2.05, 4.69) is 5.32 Å². The van der Waals surface area contributed by atoms with Crippen molar-refractivity contribution in [1.29, 1.82) is 0 Å². The Morgan fingerprint density at radius 3 is 2.68 bits per heavy atom. The summed E-state index contributed by atoms with van der Waals surface area (Å²) in [5.74, 6) is -0.0325. The summed E-state index contributed by atoms with van der Waals surface area (Å²) < 4.78 is 0. The van der Waals surface area contributed by atoms with Crippen LogP contribution in [-0.4, -0.2) is 11.7 Å². The summed E-state index contributed by atoms with van der Waals surface area (Å²) >= 11 is 4.38. The molecule has 0 aliphatic heterocycles. The first-order valence-corrected chi connectivity index (χ1v) is 9.26. The van der Waals surface area contributed by atoms with Gasteiger partial charge in [0.2, 0.25) is 5.78 Å². The Morgan fingerprint density at radius 1 is 1.14 bits per heavy atom. The Balaban J connectivity index is 1.62. The quantitative estimate of drug-likeness (QED) is 0.698. The highest BCUT2D eigenvalue weighted by molar-refractivity contribution is 7.14. The van der Waals surface area contributed by atoms with E-state index in [1.165, 1.54) is 34.0 Å². The minimum atomic E-state index is -0.0720. The molecule has 3 aromatic rings. The van der Waals surface area contributed by atoms with Crippen molar-refractivity contribution >= 4 is 45.7 Å². The number of hydrogen-bond acceptors (Lipinski definition) is 5. The molecule has 6 heteroatoms. The van der Waals surface area contributed by atoms with E-state index in [0.717, 1.165) is 16.0 Å². The van der Waals surface area contributed by atoms with E-state index in [-0.39, 0.29) is 11.7 Å². The molecule has 0 fully saturated rings. The predicted octanol–water partition coefficient (Wildman–Crippen LogP) is 4.34. The maximum atomic E-state index is 12.2. The number of amides is 1. The topological polar surface area (TPSA) is 46.2 Å². The van der Waals surface area contributed by atoms with Crippen LogP contribution in [0.15, 0.2) is 40.4 Å². The van der Waals surface area contributed by atoms with Crippen molar-refractivity contribution in [2.24, 2.45) is 0 Å². The number of hydrogen-bond donors (Lipinski definition) is 1. The molecule has 112 valence electrons. The molecule has 0 unspecified atom stereocenters. The second-order valence-corrected chi connectivity index (χ2v) is 7.64. The number of ketones is 1. The molecule has 1 amide bonds. The van der Waals surface area contributed by atoms with E-state index in [1.54, 1.807) is 0 Å². The summed E-state index contributed by atoms with van der Waals surface area (Å²) in [4.78, 5) is 26.6. The molecule has 3 heterocycles. The van der Waals surface area contributed by atoms with Crippen molar-refractivity contribution in [3.63, 3.8) is 0 Å². The van der Waals surface area contributed by atoms with Gasteiger partial charge in [-0.3, -0.25) is 9.59 Å². The molecule has 0 bridgehead atoms. The van der Waals surface area contributed by atoms with E-state index in [1.807, 2.05) is 47.3 Å². The van der Waals surface area contributed by atoms with Gasteiger partial charge in [-0.15, -0.1) is 22.7 Å². The average molecular weight is 347 g/mol. The highest BCUT2D eigenvalue weighted by Crippen LogP contribution is 2.21. The Kier molecular flexibility index (Phi) is 4.52. The van der Waals surface area contributed by atoms with Gasteiger partial charge in [-0.05, 0) is 47.5 Å². The third-order valence-electron chi connectivity index (χ3n) is 3.05. The fourth-order valence-electron chi connectivity index (χ4n) is 1.94. The molecule has 0 aliphatic rings. The minimum absolute atomic E-state index is 0.0395. The Hall–Kier alpha value is -1.76. The third-order valence-corrected chi connectivity index (χ3v) is 5.86. The second kappa shape index (κ2) is 6.56. The van der Waals surface area contributed by atoms with E-state index in [9.17, 15) is 9.59 Å². The summed E-state index contributed by atoms with van der Waals surface area (Å²) in [6.45, 7) is 2.41. The van der Waals surface area contributed by atoms with E-state index >= 15 is 0 Å². The van der Waals surface area contributed by atoms with E-state index in [4.69, 9.17) is 0 Å². The van der Waals surface area contributed by atoms with Crippen LogP contribution < -0.4 is 5.32 Å². The Bertz CT molecular complexity index is 799. The molecule has 0 aliphatic carbocycles. The van der Waals surface area contributed by atoms with Gasteiger partial charge in [0.1, 0.15) is 0 Å². The molecule has 0 atom stereocenters. The van der Waals surface area contributed by atoms with Crippen molar-refractivity contribution in [2.45, 2.75) is 13.5 Å². The largest absolute Gasteiger partial charge is 0.346 e. The summed E-state index contributed by atoms with van der Waals surface area (Å²) in [7, 11) is 0. The van der Waals surface area contributed by atoms with Crippen LogP contribution in [0.25, 0.3) is 0 Å². The number of carbonyl (C=O) groups is 2. The zero-order valence-electron chi connectivity index (χ0n) is 11.8. The summed E-state index contributed by atoms with van der Waals surface area (Å²) in [6.07, 6.45) is 0. The summed E-state index contributed by atoms with van der Waals surface area (Å²) in [5.41, 5.74) is 1.81. The number of thiophene rings is 3. The van der Waals surface area contributed by atoms with Crippen LogP contribution in [0.3, 0.4) is 0 Å². The van der Waals surface area contributed by atoms with Crippen LogP contribution in [0.5, 0.6) is 0 Å². The van der Waals surface area contributed by atoms with E-state index < -0.39 is 0 Å². The number of carbonyl (C=O) groups excluding carboxylic acids is 2. The molecule has 1 N–H and O–H groups in total. The maximum absolute atomic E-state index is 12.2. The smallest absolute Gasteiger partial charge is 0.261 e. The zero-order valence-corrected chi connectivity index (χ0v) is 14.2. The fourth-order valence-corrected chi connectivity index (χ4v) is 4.30. The molecule has 3 aromatic heterocycles. The number of nitrogens with one attached hydrogen (secondary N) is 1. The Morgan fingerprint density at radius 2 is 2.00 bits per heavy atom. The molecular weight excluding hydrogens is 334 g/mol. The normalized spacial score (nSPS) is 10.6. The van der Waals surface area contributed by atoms with Crippen LogP contribution in [0, 0.1) is 6.92 Å². The van der Waals surface area contributed by atoms with Gasteiger partial charge in [0.25, 0.3) is 5.91 Å². The molecule has 22 heavy (non-hydrogen) atoms. The van der Waals surface area contributed by atoms with Gasteiger partial charge >= 0.3 is 0 Å². The lowest BCUT2D eigenvalue weighted by molar-refractivity contribution is 0.0954. The van der Waals surface area contributed by atoms with Crippen molar-refractivity contribution in [3.05, 3.63) is 66.2 Å². The van der Waals surface area contributed by atoms with Crippen molar-refractivity contribution in [1.82, 2.24) is 5.32 Å². The predicted molar refractivity (Wildman–Crippen MR) is 92.3 cm³/mol. The highest BCUT2D eigenvalue weighted by Gasteiger charge is 2.13. The number of aryl methyl sites for hydroxylation is 1. The Labute approximate surface area is 140 Å². The van der Waals surface area contributed by atoms with Crippen molar-refractivity contribution in [3.8, 4) is 0 Å². The van der Waals surface area contributed by atoms with Gasteiger partial charge in [0.15, 0.2) is 0 Å². The van der Waals surface area contributed by atoms with Crippen LogP contribution in [0.1, 0.15) is 35.3 Å². The van der Waals surface area contributed by atoms with E-state index in [0.29, 0.717) is 16.3 Å². The molecule has 0 spiro atoms. The molecule has 3 rings (SSSR count). The number of rotatable bonds is 5. The summed E-state index contributed by atoms with van der Waals surface area (Å²) in [5, 5.41) is 8.59. The zero-order chi connectivity index (χ0) is 15.5. The fraction of sp³-hybridized carbons (Fsp3) is 0.125. The molecule has 0 saturated heterocycles. The van der Waals surface area contributed by atoms with Gasteiger partial charge in [-0.25, -0.2) is 0 Å².